The summed E-state index contributed by atoms with van der Waals surface area (Å²) >= 11 is 0. The van der Waals surface area contributed by atoms with E-state index in [2.05, 4.69) is 95.3 Å². The van der Waals surface area contributed by atoms with Gasteiger partial charge in [-0.3, -0.25) is 0 Å². The maximum absolute atomic E-state index is 2.37. The van der Waals surface area contributed by atoms with Crippen LogP contribution in [-0.2, 0) is 0 Å². The van der Waals surface area contributed by atoms with Crippen LogP contribution in [0.2, 0.25) is 6.04 Å². The molecule has 26 heavy (non-hydrogen) atoms. The lowest BCUT2D eigenvalue weighted by Crippen LogP contribution is -2.43. The highest BCUT2D eigenvalue weighted by Crippen LogP contribution is 2.42. The minimum atomic E-state index is -1.25. The van der Waals surface area contributed by atoms with E-state index in [1.165, 1.54) is 12.5 Å². The molecule has 0 nitrogen and oxygen atoms in total. The van der Waals surface area contributed by atoms with E-state index in [0.29, 0.717) is 5.92 Å². The Morgan fingerprint density at radius 2 is 1.27 bits per heavy atom. The van der Waals surface area contributed by atoms with Crippen molar-refractivity contribution in [3.8, 4) is 0 Å². The van der Waals surface area contributed by atoms with Crippen molar-refractivity contribution in [2.75, 3.05) is 0 Å². The van der Waals surface area contributed by atoms with Crippen molar-refractivity contribution in [3.05, 3.63) is 83.0 Å². The highest BCUT2D eigenvalue weighted by molar-refractivity contribution is 6.85. The van der Waals surface area contributed by atoms with Gasteiger partial charge in [0.15, 0.2) is 0 Å². The minimum absolute atomic E-state index is 0.634. The molecule has 136 valence electrons. The molecule has 0 bridgehead atoms. The predicted octanol–water partition coefficient (Wildman–Crippen LogP) is 5.36. The molecule has 3 rings (SSSR count). The molecule has 0 amide bonds. The Morgan fingerprint density at radius 3 is 1.73 bits per heavy atom. The summed E-state index contributed by atoms with van der Waals surface area (Å²) in [4.78, 5) is 0. The molecule has 1 aliphatic carbocycles. The van der Waals surface area contributed by atoms with Crippen molar-refractivity contribution in [2.24, 2.45) is 11.8 Å². The molecule has 0 aliphatic heterocycles. The van der Waals surface area contributed by atoms with E-state index >= 15 is 0 Å². The first-order chi connectivity index (χ1) is 12.5. The summed E-state index contributed by atoms with van der Waals surface area (Å²) in [7, 11) is -1.25. The Morgan fingerprint density at radius 1 is 0.769 bits per heavy atom. The van der Waals surface area contributed by atoms with Crippen LogP contribution in [0.3, 0.4) is 0 Å². The molecule has 1 atom stereocenters. The molecule has 0 spiro atoms. The Bertz CT molecular complexity index is 757. The predicted molar refractivity (Wildman–Crippen MR) is 118 cm³/mol. The molecule has 1 heteroatoms. The van der Waals surface area contributed by atoms with Gasteiger partial charge in [0, 0.05) is 0 Å². The zero-order chi connectivity index (χ0) is 18.7. The van der Waals surface area contributed by atoms with Crippen LogP contribution in [-0.4, -0.2) is 8.80 Å². The van der Waals surface area contributed by atoms with Gasteiger partial charge in [-0.1, -0.05) is 96.0 Å². The average Bonchev–Trinajstić information content (AvgIpc) is 2.85. The van der Waals surface area contributed by atoms with Crippen LogP contribution in [0.4, 0.5) is 0 Å². The van der Waals surface area contributed by atoms with E-state index in [1.54, 1.807) is 32.7 Å². The van der Waals surface area contributed by atoms with E-state index in [-0.39, 0.29) is 0 Å². The molecule has 2 aromatic carbocycles. The summed E-state index contributed by atoms with van der Waals surface area (Å²) in [5.74, 6) is 1.35. The number of benzene rings is 2. The van der Waals surface area contributed by atoms with E-state index in [1.807, 2.05) is 0 Å². The van der Waals surface area contributed by atoms with Crippen molar-refractivity contribution >= 4 is 19.2 Å². The van der Waals surface area contributed by atoms with Crippen molar-refractivity contribution < 1.29 is 0 Å². The van der Waals surface area contributed by atoms with Gasteiger partial charge in [-0.15, -0.1) is 0 Å². The van der Waals surface area contributed by atoms with Crippen molar-refractivity contribution in [1.29, 1.82) is 0 Å². The number of allylic oxidation sites excluding steroid dienone is 4. The Hall–Kier alpha value is -1.86. The van der Waals surface area contributed by atoms with Crippen LogP contribution in [0.15, 0.2) is 83.0 Å². The molecule has 0 heterocycles. The summed E-state index contributed by atoms with van der Waals surface area (Å²) in [6.07, 6.45) is 1.23. The fourth-order valence-electron chi connectivity index (χ4n) is 4.45. The van der Waals surface area contributed by atoms with Crippen LogP contribution < -0.4 is 10.4 Å². The monoisotopic (exact) mass is 360 g/mol. The fourth-order valence-corrected chi connectivity index (χ4v) is 7.86. The van der Waals surface area contributed by atoms with E-state index in [0.717, 1.165) is 5.92 Å². The molecule has 0 radical (unpaired) electrons. The molecule has 0 aromatic heterocycles. The summed E-state index contributed by atoms with van der Waals surface area (Å²) in [6, 6.07) is 23.8. The fraction of sp³-hybridized carbons (Fsp3) is 0.360. The Labute approximate surface area is 161 Å². The average molecular weight is 361 g/mol. The molecule has 0 fully saturated rings. The van der Waals surface area contributed by atoms with Crippen LogP contribution in [0.1, 0.15) is 41.0 Å². The molecule has 1 unspecified atom stereocenters. The lowest BCUT2D eigenvalue weighted by molar-refractivity contribution is 0.598. The maximum atomic E-state index is 2.37. The quantitative estimate of drug-likeness (QED) is 0.609. The third-order valence-electron chi connectivity index (χ3n) is 6.08. The number of hydrogen-bond donors (Lipinski definition) is 0. The SMILES string of the molecule is CC1=C(C)C(C[SiH](c2ccccc2)c2ccccc2)C(CC(C)C)=C1C. The third kappa shape index (κ3) is 3.93. The highest BCUT2D eigenvalue weighted by atomic mass is 28.3. The number of hydrogen-bond acceptors (Lipinski definition) is 0. The molecular formula is C25H32Si. The minimum Gasteiger partial charge on any atom is -0.0632 e. The lowest BCUT2D eigenvalue weighted by Gasteiger charge is -2.25. The van der Waals surface area contributed by atoms with Crippen molar-refractivity contribution in [2.45, 2.75) is 47.1 Å². The van der Waals surface area contributed by atoms with Crippen LogP contribution in [0.5, 0.6) is 0 Å². The van der Waals surface area contributed by atoms with Gasteiger partial charge in [0.2, 0.25) is 0 Å². The van der Waals surface area contributed by atoms with Gasteiger partial charge < -0.3 is 0 Å². The van der Waals surface area contributed by atoms with E-state index in [4.69, 9.17) is 0 Å². The molecular weight excluding hydrogens is 328 g/mol. The van der Waals surface area contributed by atoms with Gasteiger partial charge in [-0.25, -0.2) is 0 Å². The highest BCUT2D eigenvalue weighted by Gasteiger charge is 2.31. The second-order valence-corrected chi connectivity index (χ2v) is 11.1. The molecule has 0 saturated carbocycles. The second-order valence-electron chi connectivity index (χ2n) is 8.22. The second kappa shape index (κ2) is 8.22. The van der Waals surface area contributed by atoms with Gasteiger partial charge in [0.25, 0.3) is 0 Å². The van der Waals surface area contributed by atoms with Crippen LogP contribution in [0, 0.1) is 11.8 Å². The Balaban J connectivity index is 1.99. The molecule has 1 aliphatic rings. The van der Waals surface area contributed by atoms with Gasteiger partial charge in [-0.2, -0.15) is 0 Å². The van der Waals surface area contributed by atoms with Gasteiger partial charge in [0.05, 0.1) is 0 Å². The summed E-state index contributed by atoms with van der Waals surface area (Å²) in [5.41, 5.74) is 6.43. The smallest absolute Gasteiger partial charge is 0.0632 e. The van der Waals surface area contributed by atoms with E-state index < -0.39 is 8.80 Å². The first-order valence-corrected chi connectivity index (χ1v) is 11.9. The largest absolute Gasteiger partial charge is 0.104 e. The maximum Gasteiger partial charge on any atom is 0.104 e. The molecule has 0 N–H and O–H groups in total. The summed E-state index contributed by atoms with van der Waals surface area (Å²) in [5, 5.41) is 3.13. The summed E-state index contributed by atoms with van der Waals surface area (Å²) in [6.45, 7) is 11.7. The first kappa shape index (κ1) is 18.9. The number of rotatable bonds is 6. The normalized spacial score (nSPS) is 17.7. The summed E-state index contributed by atoms with van der Waals surface area (Å²) < 4.78 is 0. The topological polar surface area (TPSA) is 0 Å². The Kier molecular flexibility index (Phi) is 5.98. The standard InChI is InChI=1S/C25H32Si/c1-18(2)16-24-20(4)19(3)21(5)25(24)17-26(22-12-8-6-9-13-22)23-14-10-7-11-15-23/h6-15,18,25-26H,16-17H2,1-5H3. The van der Waals surface area contributed by atoms with Crippen LogP contribution >= 0.6 is 0 Å². The van der Waals surface area contributed by atoms with Gasteiger partial charge >= 0.3 is 0 Å². The lowest BCUT2D eigenvalue weighted by atomic mass is 9.91. The van der Waals surface area contributed by atoms with E-state index in [9.17, 15) is 0 Å². The van der Waals surface area contributed by atoms with Crippen molar-refractivity contribution in [3.63, 3.8) is 0 Å². The zero-order valence-electron chi connectivity index (χ0n) is 16.9. The van der Waals surface area contributed by atoms with Gasteiger partial charge in [-0.05, 0) is 56.2 Å². The van der Waals surface area contributed by atoms with Gasteiger partial charge in [0.1, 0.15) is 8.80 Å². The zero-order valence-corrected chi connectivity index (χ0v) is 18.1. The molecule has 0 saturated heterocycles. The molecule has 2 aromatic rings. The van der Waals surface area contributed by atoms with Crippen molar-refractivity contribution in [1.82, 2.24) is 0 Å². The third-order valence-corrected chi connectivity index (χ3v) is 9.40. The first-order valence-electron chi connectivity index (χ1n) is 9.96. The van der Waals surface area contributed by atoms with Crippen LogP contribution in [0.25, 0.3) is 0 Å².